The molecule has 1 atom stereocenters. The van der Waals surface area contributed by atoms with Crippen LogP contribution in [0, 0.1) is 5.92 Å². The van der Waals surface area contributed by atoms with Crippen molar-refractivity contribution in [2.75, 3.05) is 25.0 Å². The number of rotatable bonds is 7. The summed E-state index contributed by atoms with van der Waals surface area (Å²) < 4.78 is 54.1. The first-order valence-corrected chi connectivity index (χ1v) is 7.23. The summed E-state index contributed by atoms with van der Waals surface area (Å²) in [6.45, 7) is -0.173. The second kappa shape index (κ2) is 7.74. The van der Waals surface area contributed by atoms with Crippen molar-refractivity contribution < 1.29 is 27.1 Å². The van der Waals surface area contributed by atoms with Crippen LogP contribution in [0.15, 0.2) is 24.3 Å². The number of hydrogen-bond donors (Lipinski definition) is 2. The Morgan fingerprint density at radius 1 is 1.43 bits per heavy atom. The number of carbonyl (C=O) groups is 1. The molecule has 1 saturated heterocycles. The zero-order valence-corrected chi connectivity index (χ0v) is 12.3. The Hall–Kier alpha value is -1.67. The molecular formula is C15H18F4N2O2. The molecule has 1 aromatic rings. The summed E-state index contributed by atoms with van der Waals surface area (Å²) in [5.74, 6) is -4.38. The van der Waals surface area contributed by atoms with E-state index in [0.29, 0.717) is 17.8 Å². The van der Waals surface area contributed by atoms with Gasteiger partial charge in [-0.1, -0.05) is 12.1 Å². The lowest BCUT2D eigenvalue weighted by Gasteiger charge is -2.15. The molecule has 1 heterocycles. The van der Waals surface area contributed by atoms with Gasteiger partial charge >= 0.3 is 12.3 Å². The van der Waals surface area contributed by atoms with E-state index in [-0.39, 0.29) is 18.4 Å². The highest BCUT2D eigenvalue weighted by Gasteiger charge is 2.40. The second-order valence-electron chi connectivity index (χ2n) is 5.43. The van der Waals surface area contributed by atoms with Crippen molar-refractivity contribution in [2.45, 2.75) is 25.4 Å². The summed E-state index contributed by atoms with van der Waals surface area (Å²) in [6.07, 6.45) is -3.00. The Kier molecular flexibility index (Phi) is 5.95. The fourth-order valence-electron chi connectivity index (χ4n) is 2.23. The third-order valence-corrected chi connectivity index (χ3v) is 3.51. The molecule has 0 unspecified atom stereocenters. The molecule has 23 heavy (non-hydrogen) atoms. The zero-order valence-electron chi connectivity index (χ0n) is 12.3. The van der Waals surface area contributed by atoms with E-state index in [4.69, 9.17) is 0 Å². The summed E-state index contributed by atoms with van der Waals surface area (Å²) in [7, 11) is 0. The Labute approximate surface area is 131 Å². The van der Waals surface area contributed by atoms with Crippen molar-refractivity contribution in [3.8, 4) is 0 Å². The number of carbonyl (C=O) groups excluding carboxylic acids is 1. The van der Waals surface area contributed by atoms with Crippen molar-refractivity contribution in [3.63, 3.8) is 0 Å². The van der Waals surface area contributed by atoms with E-state index in [1.807, 2.05) is 0 Å². The van der Waals surface area contributed by atoms with Gasteiger partial charge in [0.15, 0.2) is 0 Å². The molecule has 2 rings (SSSR count). The summed E-state index contributed by atoms with van der Waals surface area (Å²) >= 11 is 0. The second-order valence-corrected chi connectivity index (χ2v) is 5.43. The number of anilines is 1. The van der Waals surface area contributed by atoms with Gasteiger partial charge in [-0.3, -0.25) is 4.79 Å². The van der Waals surface area contributed by atoms with Crippen molar-refractivity contribution in [3.05, 3.63) is 29.8 Å². The van der Waals surface area contributed by atoms with Gasteiger partial charge < -0.3 is 15.4 Å². The SMILES string of the molecule is O=C(Nc1cccc(COCC(F)(F)C(F)F)c1)[C@H]1CCNC1. The molecule has 128 valence electrons. The molecule has 0 spiro atoms. The molecule has 1 fully saturated rings. The molecule has 2 N–H and O–H groups in total. The van der Waals surface area contributed by atoms with Gasteiger partial charge in [0.05, 0.1) is 12.5 Å². The maximum atomic E-state index is 12.7. The van der Waals surface area contributed by atoms with Crippen LogP contribution >= 0.6 is 0 Å². The van der Waals surface area contributed by atoms with Gasteiger partial charge in [-0.15, -0.1) is 0 Å². The Morgan fingerprint density at radius 3 is 2.87 bits per heavy atom. The molecule has 0 aliphatic carbocycles. The number of benzene rings is 1. The monoisotopic (exact) mass is 334 g/mol. The minimum atomic E-state index is -4.17. The third kappa shape index (κ3) is 5.18. The van der Waals surface area contributed by atoms with E-state index < -0.39 is 19.0 Å². The zero-order chi connectivity index (χ0) is 16.9. The van der Waals surface area contributed by atoms with E-state index in [9.17, 15) is 22.4 Å². The van der Waals surface area contributed by atoms with Gasteiger partial charge in [0.25, 0.3) is 0 Å². The van der Waals surface area contributed by atoms with E-state index in [1.54, 1.807) is 24.3 Å². The van der Waals surface area contributed by atoms with E-state index >= 15 is 0 Å². The van der Waals surface area contributed by atoms with Crippen molar-refractivity contribution in [1.82, 2.24) is 5.32 Å². The lowest BCUT2D eigenvalue weighted by atomic mass is 10.1. The smallest absolute Gasteiger partial charge is 0.330 e. The van der Waals surface area contributed by atoms with Crippen LogP contribution < -0.4 is 10.6 Å². The number of alkyl halides is 4. The minimum absolute atomic E-state index is 0.0976. The Bertz CT molecular complexity index is 534. The molecule has 1 aliphatic heterocycles. The van der Waals surface area contributed by atoms with Gasteiger partial charge in [-0.05, 0) is 30.7 Å². The lowest BCUT2D eigenvalue weighted by molar-refractivity contribution is -0.168. The highest BCUT2D eigenvalue weighted by atomic mass is 19.3. The van der Waals surface area contributed by atoms with Crippen LogP contribution in [0.1, 0.15) is 12.0 Å². The minimum Gasteiger partial charge on any atom is -0.370 e. The molecule has 0 saturated carbocycles. The molecule has 1 aliphatic rings. The number of hydrogen-bond acceptors (Lipinski definition) is 3. The topological polar surface area (TPSA) is 50.4 Å². The summed E-state index contributed by atoms with van der Waals surface area (Å²) in [4.78, 5) is 12.0. The largest absolute Gasteiger partial charge is 0.370 e. The summed E-state index contributed by atoms with van der Waals surface area (Å²) in [5.41, 5.74) is 1.03. The van der Waals surface area contributed by atoms with Gasteiger partial charge in [0, 0.05) is 12.2 Å². The van der Waals surface area contributed by atoms with Gasteiger partial charge in [0.1, 0.15) is 6.61 Å². The van der Waals surface area contributed by atoms with Crippen LogP contribution in [0.4, 0.5) is 23.2 Å². The highest BCUT2D eigenvalue weighted by Crippen LogP contribution is 2.23. The molecule has 0 aromatic heterocycles. The predicted molar refractivity (Wildman–Crippen MR) is 76.7 cm³/mol. The highest BCUT2D eigenvalue weighted by molar-refractivity contribution is 5.92. The fourth-order valence-corrected chi connectivity index (χ4v) is 2.23. The van der Waals surface area contributed by atoms with Gasteiger partial charge in [-0.25, -0.2) is 8.78 Å². The average Bonchev–Trinajstić information content (AvgIpc) is 3.01. The average molecular weight is 334 g/mol. The van der Waals surface area contributed by atoms with E-state index in [2.05, 4.69) is 15.4 Å². The first-order valence-electron chi connectivity index (χ1n) is 7.23. The molecule has 4 nitrogen and oxygen atoms in total. The molecule has 8 heteroatoms. The molecular weight excluding hydrogens is 316 g/mol. The van der Waals surface area contributed by atoms with Gasteiger partial charge in [0.2, 0.25) is 5.91 Å². The van der Waals surface area contributed by atoms with Crippen LogP contribution in [0.2, 0.25) is 0 Å². The quantitative estimate of drug-likeness (QED) is 0.754. The number of amides is 1. The number of nitrogens with one attached hydrogen (secondary N) is 2. The molecule has 0 bridgehead atoms. The third-order valence-electron chi connectivity index (χ3n) is 3.51. The van der Waals surface area contributed by atoms with Crippen LogP contribution in [0.25, 0.3) is 0 Å². The van der Waals surface area contributed by atoms with Crippen LogP contribution in [-0.2, 0) is 16.1 Å². The number of halogens is 4. The van der Waals surface area contributed by atoms with Crippen LogP contribution in [-0.4, -0.2) is 38.0 Å². The number of ether oxygens (including phenoxy) is 1. The van der Waals surface area contributed by atoms with Gasteiger partial charge in [-0.2, -0.15) is 8.78 Å². The van der Waals surface area contributed by atoms with Crippen molar-refractivity contribution in [2.24, 2.45) is 5.92 Å². The van der Waals surface area contributed by atoms with Crippen molar-refractivity contribution >= 4 is 11.6 Å². The van der Waals surface area contributed by atoms with Crippen molar-refractivity contribution in [1.29, 1.82) is 0 Å². The van der Waals surface area contributed by atoms with E-state index in [1.165, 1.54) is 0 Å². The first kappa shape index (κ1) is 17.7. The fraction of sp³-hybridized carbons (Fsp3) is 0.533. The molecule has 1 amide bonds. The maximum absolute atomic E-state index is 12.7. The molecule has 1 aromatic carbocycles. The predicted octanol–water partition coefficient (Wildman–Crippen LogP) is 2.65. The lowest BCUT2D eigenvalue weighted by Crippen LogP contribution is -2.32. The maximum Gasteiger partial charge on any atom is 0.330 e. The Morgan fingerprint density at radius 2 is 2.22 bits per heavy atom. The standard InChI is InChI=1S/C15H18F4N2O2/c16-14(17)15(18,19)9-23-8-10-2-1-3-12(6-10)21-13(22)11-4-5-20-7-11/h1-3,6,11,14,20H,4-5,7-9H2,(H,21,22)/t11-/m0/s1. The van der Waals surface area contributed by atoms with E-state index in [0.717, 1.165) is 13.0 Å². The Balaban J connectivity index is 1.86. The van der Waals surface area contributed by atoms with Crippen LogP contribution in [0.3, 0.4) is 0 Å². The normalized spacial score (nSPS) is 18.4. The van der Waals surface area contributed by atoms with Crippen LogP contribution in [0.5, 0.6) is 0 Å². The summed E-state index contributed by atoms with van der Waals surface area (Å²) in [6, 6.07) is 6.47. The molecule has 0 radical (unpaired) electrons. The summed E-state index contributed by atoms with van der Waals surface area (Å²) in [5, 5.41) is 5.83. The first-order chi connectivity index (χ1) is 10.9.